The molecule has 0 bridgehead atoms. The Morgan fingerprint density at radius 1 is 0.939 bits per heavy atom. The smallest absolute Gasteiger partial charge is 0.291 e. The number of carbonyl (C=O) groups is 2. The molecule has 0 unspecified atom stereocenters. The fraction of sp³-hybridized carbons (Fsp3) is 0.120. The molecule has 0 aliphatic rings. The third-order valence-corrected chi connectivity index (χ3v) is 6.09. The molecule has 4 aromatic rings. The highest BCUT2D eigenvalue weighted by Crippen LogP contribution is 2.33. The molecular weight excluding hydrogens is 460 g/mol. The first-order valence-corrected chi connectivity index (χ1v) is 11.5. The normalized spacial score (nSPS) is 10.8. The first kappa shape index (κ1) is 22.9. The average Bonchev–Trinajstić information content (AvgIpc) is 3.19. The molecule has 1 aromatic heterocycles. The maximum Gasteiger partial charge on any atom is 0.291 e. The molecule has 0 saturated carbocycles. The third kappa shape index (κ3) is 5.76. The van der Waals surface area contributed by atoms with Gasteiger partial charge in [-0.05, 0) is 54.6 Å². The Balaban J connectivity index is 1.52. The highest BCUT2D eigenvalue weighted by Gasteiger charge is 2.21. The van der Waals surface area contributed by atoms with E-state index in [0.717, 1.165) is 15.8 Å². The fourth-order valence-corrected chi connectivity index (χ4v) is 4.32. The van der Waals surface area contributed by atoms with E-state index in [1.54, 1.807) is 36.0 Å². The largest absolute Gasteiger partial charge is 0.451 e. The highest BCUT2D eigenvalue weighted by atomic mass is 35.5. The Labute approximate surface area is 200 Å². The van der Waals surface area contributed by atoms with Crippen LogP contribution in [-0.2, 0) is 15.3 Å². The maximum absolute atomic E-state index is 13.1. The molecule has 33 heavy (non-hydrogen) atoms. The lowest BCUT2D eigenvalue weighted by atomic mass is 10.1. The quantitative estimate of drug-likeness (QED) is 0.293. The van der Waals surface area contributed by atoms with Crippen molar-refractivity contribution in [3.05, 3.63) is 89.1 Å². The highest BCUT2D eigenvalue weighted by molar-refractivity contribution is 7.98. The summed E-state index contributed by atoms with van der Waals surface area (Å²) in [7, 11) is 1.46. The number of nitrogens with one attached hydrogen (secondary N) is 2. The van der Waals surface area contributed by atoms with Gasteiger partial charge < -0.3 is 19.8 Å². The van der Waals surface area contributed by atoms with Crippen LogP contribution < -0.4 is 10.6 Å². The van der Waals surface area contributed by atoms with Crippen molar-refractivity contribution in [1.29, 1.82) is 0 Å². The van der Waals surface area contributed by atoms with Gasteiger partial charge in [0.2, 0.25) is 5.91 Å². The minimum absolute atomic E-state index is 0.0264. The number of halogens is 1. The van der Waals surface area contributed by atoms with Crippen molar-refractivity contribution in [3.63, 3.8) is 0 Å². The summed E-state index contributed by atoms with van der Waals surface area (Å²) in [5.74, 6) is 0.245. The van der Waals surface area contributed by atoms with E-state index in [-0.39, 0.29) is 24.2 Å². The minimum Gasteiger partial charge on any atom is -0.451 e. The lowest BCUT2D eigenvalue weighted by Crippen LogP contribution is -2.17. The van der Waals surface area contributed by atoms with E-state index >= 15 is 0 Å². The molecule has 4 rings (SSSR count). The number of benzene rings is 3. The van der Waals surface area contributed by atoms with Crippen LogP contribution in [0.25, 0.3) is 11.0 Å². The first-order valence-electron chi connectivity index (χ1n) is 10.1. The minimum atomic E-state index is -0.339. The number of ether oxygens (including phenoxy) is 1. The van der Waals surface area contributed by atoms with Gasteiger partial charge in [-0.25, -0.2) is 0 Å². The Hall–Kier alpha value is -3.26. The predicted octanol–water partition coefficient (Wildman–Crippen LogP) is 6.22. The Morgan fingerprint density at radius 3 is 2.30 bits per heavy atom. The molecule has 6 nitrogen and oxygen atoms in total. The number of rotatable bonds is 8. The zero-order valence-electron chi connectivity index (χ0n) is 17.8. The predicted molar refractivity (Wildman–Crippen MR) is 132 cm³/mol. The van der Waals surface area contributed by atoms with Gasteiger partial charge in [0.15, 0.2) is 5.76 Å². The molecule has 3 aromatic carbocycles. The van der Waals surface area contributed by atoms with Gasteiger partial charge in [-0.1, -0.05) is 29.8 Å². The van der Waals surface area contributed by atoms with Crippen molar-refractivity contribution >= 4 is 57.5 Å². The van der Waals surface area contributed by atoms with E-state index in [2.05, 4.69) is 10.6 Å². The topological polar surface area (TPSA) is 80.6 Å². The van der Waals surface area contributed by atoms with Crippen LogP contribution in [0.3, 0.4) is 0 Å². The molecule has 2 amide bonds. The monoisotopic (exact) mass is 480 g/mol. The number of para-hydroxylation sites is 1. The SMILES string of the molecule is COCC(=O)Nc1ccc(NC(=O)c2oc3ccccc3c2CSc2ccc(Cl)cc2)cc1. The molecule has 0 aliphatic carbocycles. The molecule has 0 aliphatic heterocycles. The summed E-state index contributed by atoms with van der Waals surface area (Å²) in [5, 5.41) is 7.17. The van der Waals surface area contributed by atoms with Crippen molar-refractivity contribution in [2.45, 2.75) is 10.6 Å². The van der Waals surface area contributed by atoms with Crippen LogP contribution in [0, 0.1) is 0 Å². The van der Waals surface area contributed by atoms with E-state index in [4.69, 9.17) is 20.8 Å². The summed E-state index contributed by atoms with van der Waals surface area (Å²) >= 11 is 7.58. The number of amides is 2. The van der Waals surface area contributed by atoms with Gasteiger partial charge in [0.25, 0.3) is 5.91 Å². The molecule has 1 heterocycles. The van der Waals surface area contributed by atoms with E-state index in [1.165, 1.54) is 7.11 Å². The number of fused-ring (bicyclic) bond motifs is 1. The van der Waals surface area contributed by atoms with Crippen LogP contribution in [0.5, 0.6) is 0 Å². The summed E-state index contributed by atoms with van der Waals surface area (Å²) < 4.78 is 10.7. The average molecular weight is 481 g/mol. The molecule has 0 atom stereocenters. The van der Waals surface area contributed by atoms with Gasteiger partial charge in [0.1, 0.15) is 12.2 Å². The molecule has 0 radical (unpaired) electrons. The van der Waals surface area contributed by atoms with Gasteiger partial charge in [-0.3, -0.25) is 9.59 Å². The van der Waals surface area contributed by atoms with Crippen molar-refractivity contribution in [1.82, 2.24) is 0 Å². The van der Waals surface area contributed by atoms with E-state index < -0.39 is 0 Å². The number of thioether (sulfide) groups is 1. The van der Waals surface area contributed by atoms with Gasteiger partial charge in [0.05, 0.1) is 0 Å². The van der Waals surface area contributed by atoms with Gasteiger partial charge in [0, 0.05) is 45.1 Å². The molecular formula is C25H21ClN2O4S. The van der Waals surface area contributed by atoms with E-state index in [9.17, 15) is 9.59 Å². The second kappa shape index (κ2) is 10.6. The number of methoxy groups -OCH3 is 1. The number of hydrogen-bond acceptors (Lipinski definition) is 5. The number of furan rings is 1. The summed E-state index contributed by atoms with van der Waals surface area (Å²) in [6, 6.07) is 22.0. The third-order valence-electron chi connectivity index (χ3n) is 4.80. The van der Waals surface area contributed by atoms with Crippen molar-refractivity contribution in [3.8, 4) is 0 Å². The molecule has 0 spiro atoms. The number of carbonyl (C=O) groups excluding carboxylic acids is 2. The molecule has 8 heteroatoms. The number of anilines is 2. The van der Waals surface area contributed by atoms with Crippen LogP contribution in [-0.4, -0.2) is 25.5 Å². The van der Waals surface area contributed by atoms with Crippen LogP contribution in [0.2, 0.25) is 5.02 Å². The first-order chi connectivity index (χ1) is 16.0. The van der Waals surface area contributed by atoms with Crippen LogP contribution in [0.15, 0.2) is 82.1 Å². The van der Waals surface area contributed by atoms with Gasteiger partial charge in [-0.15, -0.1) is 11.8 Å². The second-order valence-corrected chi connectivity index (χ2v) is 8.65. The Kier molecular flexibility index (Phi) is 7.34. The lowest BCUT2D eigenvalue weighted by Gasteiger charge is -2.08. The Bertz CT molecular complexity index is 1270. The van der Waals surface area contributed by atoms with E-state index in [1.807, 2.05) is 48.5 Å². The standard InChI is InChI=1S/C25H21ClN2O4S/c1-31-14-23(29)27-17-8-10-18(11-9-17)28-25(30)24-21(20-4-2-3-5-22(20)32-24)15-33-19-12-6-16(26)7-13-19/h2-13H,14-15H2,1H3,(H,27,29)(H,28,30). The molecule has 168 valence electrons. The molecule has 2 N–H and O–H groups in total. The molecule has 0 saturated heterocycles. The summed E-state index contributed by atoms with van der Waals surface area (Å²) in [6.07, 6.45) is 0. The summed E-state index contributed by atoms with van der Waals surface area (Å²) in [5.41, 5.74) is 2.68. The zero-order chi connectivity index (χ0) is 23.2. The maximum atomic E-state index is 13.1. The van der Waals surface area contributed by atoms with Crippen molar-refractivity contribution in [2.75, 3.05) is 24.4 Å². The van der Waals surface area contributed by atoms with Crippen LogP contribution >= 0.6 is 23.4 Å². The fourth-order valence-electron chi connectivity index (χ4n) is 3.26. The Morgan fingerprint density at radius 2 is 1.61 bits per heavy atom. The van der Waals surface area contributed by atoms with Gasteiger partial charge in [-0.2, -0.15) is 0 Å². The molecule has 0 fully saturated rings. The zero-order valence-corrected chi connectivity index (χ0v) is 19.3. The van der Waals surface area contributed by atoms with Gasteiger partial charge >= 0.3 is 0 Å². The number of hydrogen-bond donors (Lipinski definition) is 2. The second-order valence-electron chi connectivity index (χ2n) is 7.16. The van der Waals surface area contributed by atoms with E-state index in [0.29, 0.717) is 27.7 Å². The summed E-state index contributed by atoms with van der Waals surface area (Å²) in [4.78, 5) is 25.8. The van der Waals surface area contributed by atoms with Crippen LogP contribution in [0.4, 0.5) is 11.4 Å². The summed E-state index contributed by atoms with van der Waals surface area (Å²) in [6.45, 7) is -0.0264. The van der Waals surface area contributed by atoms with Crippen molar-refractivity contribution in [2.24, 2.45) is 0 Å². The lowest BCUT2D eigenvalue weighted by molar-refractivity contribution is -0.119. The van der Waals surface area contributed by atoms with Crippen molar-refractivity contribution < 1.29 is 18.7 Å². The van der Waals surface area contributed by atoms with Crippen LogP contribution in [0.1, 0.15) is 16.1 Å².